The zero-order valence-corrected chi connectivity index (χ0v) is 11.5. The number of imidazole rings is 1. The summed E-state index contributed by atoms with van der Waals surface area (Å²) in [6.45, 7) is 5.90. The first-order valence-electron chi connectivity index (χ1n) is 5.58. The Morgan fingerprint density at radius 1 is 1.53 bits per heavy atom. The van der Waals surface area contributed by atoms with Crippen molar-refractivity contribution < 1.29 is 8.42 Å². The molecule has 0 aliphatic carbocycles. The minimum absolute atomic E-state index is 0.0246. The number of sulfonamides is 1. The van der Waals surface area contributed by atoms with E-state index < -0.39 is 10.0 Å². The largest absolute Gasteiger partial charge is 0.381 e. The lowest BCUT2D eigenvalue weighted by Crippen LogP contribution is -2.38. The molecule has 98 valence electrons. The van der Waals surface area contributed by atoms with Gasteiger partial charge in [-0.05, 0) is 12.3 Å². The van der Waals surface area contributed by atoms with Crippen molar-refractivity contribution in [2.45, 2.75) is 38.3 Å². The fourth-order valence-electron chi connectivity index (χ4n) is 1.71. The third kappa shape index (κ3) is 2.98. The molecule has 0 saturated carbocycles. The van der Waals surface area contributed by atoms with Crippen molar-refractivity contribution in [1.82, 2.24) is 14.3 Å². The lowest BCUT2D eigenvalue weighted by atomic mass is 10.0. The maximum absolute atomic E-state index is 12.2. The van der Waals surface area contributed by atoms with Crippen LogP contribution in [0.4, 0.5) is 5.82 Å². The highest BCUT2D eigenvalue weighted by atomic mass is 32.2. The molecule has 1 atom stereocenters. The molecule has 0 spiro atoms. The summed E-state index contributed by atoms with van der Waals surface area (Å²) in [7, 11) is -2.00. The molecule has 7 heteroatoms. The molecule has 0 aromatic carbocycles. The molecule has 0 fully saturated rings. The van der Waals surface area contributed by atoms with Gasteiger partial charge in [-0.15, -0.1) is 0 Å². The Morgan fingerprint density at radius 3 is 2.47 bits per heavy atom. The Balaban J connectivity index is 3.05. The molecule has 1 rings (SSSR count). The van der Waals surface area contributed by atoms with Crippen LogP contribution in [-0.4, -0.2) is 24.0 Å². The van der Waals surface area contributed by atoms with Crippen LogP contribution < -0.4 is 10.5 Å². The first kappa shape index (κ1) is 14.0. The number of anilines is 1. The van der Waals surface area contributed by atoms with E-state index in [2.05, 4.69) is 9.71 Å². The molecular formula is C10H20N4O2S. The average molecular weight is 260 g/mol. The molecule has 0 aliphatic rings. The van der Waals surface area contributed by atoms with E-state index in [0.29, 0.717) is 0 Å². The minimum atomic E-state index is -3.61. The normalized spacial score (nSPS) is 14.2. The molecule has 0 radical (unpaired) electrons. The molecular weight excluding hydrogens is 240 g/mol. The molecule has 1 aromatic heterocycles. The number of aromatic nitrogens is 2. The van der Waals surface area contributed by atoms with E-state index in [-0.39, 0.29) is 22.8 Å². The molecule has 6 nitrogen and oxygen atoms in total. The van der Waals surface area contributed by atoms with Crippen LogP contribution in [0.25, 0.3) is 0 Å². The topological polar surface area (TPSA) is 90.0 Å². The van der Waals surface area contributed by atoms with Crippen LogP contribution in [0, 0.1) is 5.92 Å². The van der Waals surface area contributed by atoms with E-state index in [1.165, 1.54) is 10.9 Å². The molecule has 0 aliphatic heterocycles. The van der Waals surface area contributed by atoms with Crippen LogP contribution in [0.2, 0.25) is 0 Å². The second-order valence-electron chi connectivity index (χ2n) is 4.43. The van der Waals surface area contributed by atoms with Gasteiger partial charge in [0.1, 0.15) is 0 Å². The fourth-order valence-corrected chi connectivity index (χ4v) is 3.41. The van der Waals surface area contributed by atoms with E-state index in [1.54, 1.807) is 7.05 Å². The number of rotatable bonds is 5. The highest BCUT2D eigenvalue weighted by Gasteiger charge is 2.26. The Bertz CT molecular complexity index is 459. The van der Waals surface area contributed by atoms with Gasteiger partial charge in [0, 0.05) is 13.1 Å². The van der Waals surface area contributed by atoms with Crippen LogP contribution in [0.1, 0.15) is 27.2 Å². The maximum atomic E-state index is 12.2. The predicted octanol–water partition coefficient (Wildman–Crippen LogP) is 0.715. The molecule has 3 N–H and O–H groups in total. The molecule has 0 amide bonds. The summed E-state index contributed by atoms with van der Waals surface area (Å²) in [6.07, 6.45) is 2.12. The molecule has 1 unspecified atom stereocenters. The number of hydrogen-bond acceptors (Lipinski definition) is 4. The third-order valence-corrected chi connectivity index (χ3v) is 4.33. The van der Waals surface area contributed by atoms with Crippen molar-refractivity contribution in [2.24, 2.45) is 13.0 Å². The van der Waals surface area contributed by atoms with Gasteiger partial charge in [0.05, 0.1) is 6.33 Å². The quantitative estimate of drug-likeness (QED) is 0.816. The molecule has 0 saturated heterocycles. The van der Waals surface area contributed by atoms with Gasteiger partial charge < -0.3 is 10.3 Å². The van der Waals surface area contributed by atoms with Gasteiger partial charge in [-0.1, -0.05) is 20.8 Å². The predicted molar refractivity (Wildman–Crippen MR) is 66.9 cm³/mol. The Kier molecular flexibility index (Phi) is 4.16. The SMILES string of the molecule is CCC(NS(=O)(=O)c1c(N)ncn1C)C(C)C. The first-order chi connectivity index (χ1) is 7.79. The van der Waals surface area contributed by atoms with Gasteiger partial charge >= 0.3 is 0 Å². The molecule has 1 heterocycles. The van der Waals surface area contributed by atoms with Gasteiger partial charge in [-0.2, -0.15) is 0 Å². The van der Waals surface area contributed by atoms with Crippen LogP contribution in [0.15, 0.2) is 11.4 Å². The Morgan fingerprint density at radius 2 is 2.12 bits per heavy atom. The van der Waals surface area contributed by atoms with E-state index in [0.717, 1.165) is 6.42 Å². The zero-order valence-electron chi connectivity index (χ0n) is 10.6. The number of nitrogens with two attached hydrogens (primary N) is 1. The highest BCUT2D eigenvalue weighted by molar-refractivity contribution is 7.89. The summed E-state index contributed by atoms with van der Waals surface area (Å²) >= 11 is 0. The Labute approximate surface area is 102 Å². The molecule has 17 heavy (non-hydrogen) atoms. The number of nitrogens with one attached hydrogen (secondary N) is 1. The molecule has 0 bridgehead atoms. The summed E-state index contributed by atoms with van der Waals surface area (Å²) in [5, 5.41) is 0.0246. The van der Waals surface area contributed by atoms with Crippen LogP contribution in [0.5, 0.6) is 0 Å². The summed E-state index contributed by atoms with van der Waals surface area (Å²) in [6, 6.07) is -0.103. The van der Waals surface area contributed by atoms with Gasteiger partial charge in [0.15, 0.2) is 10.8 Å². The zero-order chi connectivity index (χ0) is 13.2. The average Bonchev–Trinajstić information content (AvgIpc) is 2.55. The summed E-state index contributed by atoms with van der Waals surface area (Å²) < 4.78 is 28.4. The van der Waals surface area contributed by atoms with Crippen molar-refractivity contribution in [3.05, 3.63) is 6.33 Å². The van der Waals surface area contributed by atoms with Crippen LogP contribution in [-0.2, 0) is 17.1 Å². The lowest BCUT2D eigenvalue weighted by molar-refractivity contribution is 0.435. The fraction of sp³-hybridized carbons (Fsp3) is 0.700. The number of nitrogen functional groups attached to an aromatic ring is 1. The summed E-state index contributed by atoms with van der Waals surface area (Å²) in [4.78, 5) is 3.78. The first-order valence-corrected chi connectivity index (χ1v) is 7.07. The minimum Gasteiger partial charge on any atom is -0.381 e. The maximum Gasteiger partial charge on any atom is 0.260 e. The van der Waals surface area contributed by atoms with Gasteiger partial charge in [-0.3, -0.25) is 0 Å². The van der Waals surface area contributed by atoms with E-state index >= 15 is 0 Å². The van der Waals surface area contributed by atoms with Crippen molar-refractivity contribution in [2.75, 3.05) is 5.73 Å². The van der Waals surface area contributed by atoms with Crippen molar-refractivity contribution >= 4 is 15.8 Å². The smallest absolute Gasteiger partial charge is 0.260 e. The number of aryl methyl sites for hydroxylation is 1. The van der Waals surface area contributed by atoms with E-state index in [9.17, 15) is 8.42 Å². The third-order valence-electron chi connectivity index (χ3n) is 2.72. The number of nitrogens with zero attached hydrogens (tertiary/aromatic N) is 2. The highest BCUT2D eigenvalue weighted by Crippen LogP contribution is 2.17. The Hall–Kier alpha value is -1.08. The standard InChI is InChI=1S/C10H20N4O2S/c1-5-8(7(2)3)13-17(15,16)10-9(11)12-6-14(10)4/h6-8,13H,5,11H2,1-4H3. The van der Waals surface area contributed by atoms with Crippen molar-refractivity contribution in [3.63, 3.8) is 0 Å². The lowest BCUT2D eigenvalue weighted by Gasteiger charge is -2.20. The molecule has 1 aromatic rings. The van der Waals surface area contributed by atoms with Crippen LogP contribution >= 0.6 is 0 Å². The van der Waals surface area contributed by atoms with Gasteiger partial charge in [-0.25, -0.2) is 18.1 Å². The van der Waals surface area contributed by atoms with Crippen molar-refractivity contribution in [3.8, 4) is 0 Å². The van der Waals surface area contributed by atoms with Gasteiger partial charge in [0.2, 0.25) is 0 Å². The van der Waals surface area contributed by atoms with Crippen molar-refractivity contribution in [1.29, 1.82) is 0 Å². The van der Waals surface area contributed by atoms with E-state index in [4.69, 9.17) is 5.73 Å². The van der Waals surface area contributed by atoms with Gasteiger partial charge in [0.25, 0.3) is 10.0 Å². The number of hydrogen-bond donors (Lipinski definition) is 2. The second-order valence-corrected chi connectivity index (χ2v) is 6.06. The van der Waals surface area contributed by atoms with E-state index in [1.807, 2.05) is 20.8 Å². The summed E-state index contributed by atoms with van der Waals surface area (Å²) in [5.41, 5.74) is 5.57. The second kappa shape index (κ2) is 5.05. The monoisotopic (exact) mass is 260 g/mol. The van der Waals surface area contributed by atoms with Crippen LogP contribution in [0.3, 0.4) is 0 Å². The summed E-state index contributed by atoms with van der Waals surface area (Å²) in [5.74, 6) is 0.253.